The molecule has 1 heterocycles. The molecule has 1 saturated carbocycles. The highest BCUT2D eigenvalue weighted by Crippen LogP contribution is 2.38. The van der Waals surface area contributed by atoms with E-state index < -0.39 is 0 Å². The number of nitrogens with zero attached hydrogens (tertiary/aromatic N) is 1. The number of hydrogen-bond acceptors (Lipinski definition) is 2. The fraction of sp³-hybridized carbons (Fsp3) is 0.647. The first kappa shape index (κ1) is 15.6. The van der Waals surface area contributed by atoms with Gasteiger partial charge in [-0.2, -0.15) is 0 Å². The number of halogens is 2. The molecule has 2 unspecified atom stereocenters. The smallest absolute Gasteiger partial charge is 0.0452 e. The van der Waals surface area contributed by atoms with Gasteiger partial charge in [0.25, 0.3) is 0 Å². The van der Waals surface area contributed by atoms with E-state index in [-0.39, 0.29) is 5.54 Å². The standard InChI is InChI=1S/C17H24Cl2N2/c1-3-17(2)11-21(16(9-20-17)12-4-5-12)10-13-8-14(18)6-7-15(13)19/h6-8,12,16,20H,3-5,9-11H2,1-2H3. The van der Waals surface area contributed by atoms with Gasteiger partial charge in [-0.05, 0) is 55.9 Å². The Morgan fingerprint density at radius 3 is 2.76 bits per heavy atom. The van der Waals surface area contributed by atoms with Crippen molar-refractivity contribution in [1.29, 1.82) is 0 Å². The van der Waals surface area contributed by atoms with Crippen LogP contribution in [0.25, 0.3) is 0 Å². The minimum absolute atomic E-state index is 0.205. The van der Waals surface area contributed by atoms with Crippen molar-refractivity contribution in [2.45, 2.75) is 51.2 Å². The number of hydrogen-bond donors (Lipinski definition) is 1. The zero-order valence-corrected chi connectivity index (χ0v) is 14.3. The Kier molecular flexibility index (Phi) is 4.52. The van der Waals surface area contributed by atoms with E-state index in [1.54, 1.807) is 0 Å². The minimum Gasteiger partial charge on any atom is -0.309 e. The summed E-state index contributed by atoms with van der Waals surface area (Å²) in [6.45, 7) is 7.65. The van der Waals surface area contributed by atoms with Gasteiger partial charge in [-0.15, -0.1) is 0 Å². The summed E-state index contributed by atoms with van der Waals surface area (Å²) in [5, 5.41) is 5.35. The van der Waals surface area contributed by atoms with Crippen molar-refractivity contribution in [2.24, 2.45) is 5.92 Å². The Hall–Kier alpha value is -0.280. The second-order valence-corrected chi connectivity index (χ2v) is 7.68. The minimum atomic E-state index is 0.205. The van der Waals surface area contributed by atoms with Gasteiger partial charge in [-0.3, -0.25) is 4.90 Å². The molecule has 2 nitrogen and oxygen atoms in total. The van der Waals surface area contributed by atoms with Crippen molar-refractivity contribution >= 4 is 23.2 Å². The first-order chi connectivity index (χ1) is 10.0. The largest absolute Gasteiger partial charge is 0.309 e. The van der Waals surface area contributed by atoms with Gasteiger partial charge in [-0.1, -0.05) is 30.1 Å². The molecule has 0 spiro atoms. The lowest BCUT2D eigenvalue weighted by Crippen LogP contribution is -2.62. The molecule has 0 aromatic heterocycles. The third-order valence-electron chi connectivity index (χ3n) is 5.09. The zero-order valence-electron chi connectivity index (χ0n) is 12.8. The molecule has 4 heteroatoms. The summed E-state index contributed by atoms with van der Waals surface area (Å²) in [6.07, 6.45) is 3.88. The zero-order chi connectivity index (χ0) is 15.0. The van der Waals surface area contributed by atoms with E-state index >= 15 is 0 Å². The van der Waals surface area contributed by atoms with Crippen LogP contribution < -0.4 is 5.32 Å². The van der Waals surface area contributed by atoms with Crippen molar-refractivity contribution in [1.82, 2.24) is 10.2 Å². The van der Waals surface area contributed by atoms with Gasteiger partial charge in [0.2, 0.25) is 0 Å². The third kappa shape index (κ3) is 3.56. The molecular formula is C17H24Cl2N2. The monoisotopic (exact) mass is 326 g/mol. The van der Waals surface area contributed by atoms with Crippen molar-refractivity contribution < 1.29 is 0 Å². The molecule has 1 saturated heterocycles. The van der Waals surface area contributed by atoms with E-state index in [0.29, 0.717) is 6.04 Å². The van der Waals surface area contributed by atoms with Crippen LogP contribution in [-0.4, -0.2) is 29.6 Å². The maximum absolute atomic E-state index is 6.36. The molecule has 0 bridgehead atoms. The molecule has 2 aliphatic rings. The fourth-order valence-electron chi connectivity index (χ4n) is 3.34. The lowest BCUT2D eigenvalue weighted by molar-refractivity contribution is 0.0662. The van der Waals surface area contributed by atoms with Gasteiger partial charge in [0.05, 0.1) is 0 Å². The summed E-state index contributed by atoms with van der Waals surface area (Å²) in [7, 11) is 0. The molecular weight excluding hydrogens is 303 g/mol. The van der Waals surface area contributed by atoms with Crippen molar-refractivity contribution in [3.63, 3.8) is 0 Å². The molecule has 116 valence electrons. The number of benzene rings is 1. The summed E-state index contributed by atoms with van der Waals surface area (Å²) < 4.78 is 0. The van der Waals surface area contributed by atoms with E-state index in [2.05, 4.69) is 24.1 Å². The normalized spacial score (nSPS) is 30.6. The highest BCUT2D eigenvalue weighted by molar-refractivity contribution is 6.33. The second kappa shape index (κ2) is 6.08. The molecule has 2 fully saturated rings. The third-order valence-corrected chi connectivity index (χ3v) is 5.69. The summed E-state index contributed by atoms with van der Waals surface area (Å²) in [4.78, 5) is 2.62. The Labute approximate surface area is 137 Å². The van der Waals surface area contributed by atoms with Gasteiger partial charge >= 0.3 is 0 Å². The summed E-state index contributed by atoms with van der Waals surface area (Å²) in [5.74, 6) is 0.858. The quantitative estimate of drug-likeness (QED) is 0.885. The van der Waals surface area contributed by atoms with Crippen LogP contribution in [0.15, 0.2) is 18.2 Å². The van der Waals surface area contributed by atoms with Gasteiger partial charge in [0, 0.05) is 41.3 Å². The van der Waals surface area contributed by atoms with E-state index in [9.17, 15) is 0 Å². The molecule has 1 aliphatic carbocycles. The van der Waals surface area contributed by atoms with Gasteiger partial charge in [0.1, 0.15) is 0 Å². The first-order valence-electron chi connectivity index (χ1n) is 7.94. The van der Waals surface area contributed by atoms with Crippen LogP contribution in [0.1, 0.15) is 38.7 Å². The van der Waals surface area contributed by atoms with Gasteiger partial charge in [0.15, 0.2) is 0 Å². The molecule has 1 aromatic rings. The topological polar surface area (TPSA) is 15.3 Å². The molecule has 2 atom stereocenters. The molecule has 1 aliphatic heterocycles. The molecule has 1 aromatic carbocycles. The maximum Gasteiger partial charge on any atom is 0.0452 e. The summed E-state index contributed by atoms with van der Waals surface area (Å²) >= 11 is 12.5. The Morgan fingerprint density at radius 1 is 1.33 bits per heavy atom. The van der Waals surface area contributed by atoms with Crippen molar-refractivity contribution in [3.05, 3.63) is 33.8 Å². The summed E-state index contributed by atoms with van der Waals surface area (Å²) in [5.41, 5.74) is 1.35. The van der Waals surface area contributed by atoms with Crippen LogP contribution in [0, 0.1) is 5.92 Å². The molecule has 1 N–H and O–H groups in total. The Balaban J connectivity index is 1.80. The van der Waals surface area contributed by atoms with E-state index in [4.69, 9.17) is 23.2 Å². The average molecular weight is 327 g/mol. The predicted molar refractivity (Wildman–Crippen MR) is 90.1 cm³/mol. The van der Waals surface area contributed by atoms with Gasteiger partial charge in [-0.25, -0.2) is 0 Å². The molecule has 0 radical (unpaired) electrons. The van der Waals surface area contributed by atoms with Crippen molar-refractivity contribution in [3.8, 4) is 0 Å². The van der Waals surface area contributed by atoms with Crippen LogP contribution in [0.5, 0.6) is 0 Å². The fourth-order valence-corrected chi connectivity index (χ4v) is 3.71. The van der Waals surface area contributed by atoms with E-state index in [1.165, 1.54) is 12.8 Å². The molecule has 21 heavy (non-hydrogen) atoms. The highest BCUT2D eigenvalue weighted by Gasteiger charge is 2.41. The van der Waals surface area contributed by atoms with Crippen LogP contribution in [0.3, 0.4) is 0 Å². The lowest BCUT2D eigenvalue weighted by atomic mass is 9.91. The number of piperazine rings is 1. The van der Waals surface area contributed by atoms with E-state index in [1.807, 2.05) is 18.2 Å². The van der Waals surface area contributed by atoms with Crippen LogP contribution in [0.2, 0.25) is 10.0 Å². The Morgan fingerprint density at radius 2 is 2.10 bits per heavy atom. The highest BCUT2D eigenvalue weighted by atomic mass is 35.5. The van der Waals surface area contributed by atoms with Crippen LogP contribution >= 0.6 is 23.2 Å². The van der Waals surface area contributed by atoms with Crippen LogP contribution in [-0.2, 0) is 6.54 Å². The first-order valence-corrected chi connectivity index (χ1v) is 8.69. The SMILES string of the molecule is CCC1(C)CN(Cc2cc(Cl)ccc2Cl)C(C2CC2)CN1. The predicted octanol–water partition coefficient (Wildman–Crippen LogP) is 4.35. The van der Waals surface area contributed by atoms with Crippen molar-refractivity contribution in [2.75, 3.05) is 13.1 Å². The second-order valence-electron chi connectivity index (χ2n) is 6.84. The van der Waals surface area contributed by atoms with E-state index in [0.717, 1.165) is 47.6 Å². The number of rotatable bonds is 4. The lowest BCUT2D eigenvalue weighted by Gasteiger charge is -2.46. The number of nitrogens with one attached hydrogen (secondary N) is 1. The maximum atomic E-state index is 6.36. The molecule has 0 amide bonds. The Bertz CT molecular complexity index is 516. The average Bonchev–Trinajstić information content (AvgIpc) is 3.28. The van der Waals surface area contributed by atoms with Crippen LogP contribution in [0.4, 0.5) is 0 Å². The molecule has 3 rings (SSSR count). The summed E-state index contributed by atoms with van der Waals surface area (Å²) in [6, 6.07) is 6.42. The van der Waals surface area contributed by atoms with Gasteiger partial charge < -0.3 is 5.32 Å².